The summed E-state index contributed by atoms with van der Waals surface area (Å²) in [6, 6.07) is 7.99. The minimum Gasteiger partial charge on any atom is -0.394 e. The third-order valence-electron chi connectivity index (χ3n) is 2.58. The van der Waals surface area contributed by atoms with Crippen LogP contribution in [0.5, 0.6) is 0 Å². The molecule has 19 heavy (non-hydrogen) atoms. The third-order valence-corrected chi connectivity index (χ3v) is 2.58. The van der Waals surface area contributed by atoms with Crippen molar-refractivity contribution in [2.24, 2.45) is 5.92 Å². The predicted molar refractivity (Wildman–Crippen MR) is 73.6 cm³/mol. The molecule has 0 saturated carbocycles. The van der Waals surface area contributed by atoms with Gasteiger partial charge in [-0.25, -0.2) is 4.79 Å². The molecule has 0 aromatic heterocycles. The van der Waals surface area contributed by atoms with E-state index in [0.29, 0.717) is 17.2 Å². The van der Waals surface area contributed by atoms with Crippen molar-refractivity contribution in [2.45, 2.75) is 26.3 Å². The van der Waals surface area contributed by atoms with Crippen LogP contribution in [0.4, 0.5) is 10.5 Å². The smallest absolute Gasteiger partial charge is 0.319 e. The van der Waals surface area contributed by atoms with Gasteiger partial charge in [0, 0.05) is 5.69 Å². The number of urea groups is 1. The molecule has 1 aromatic carbocycles. The fraction of sp³-hybridized carbons (Fsp3) is 0.429. The van der Waals surface area contributed by atoms with E-state index >= 15 is 0 Å². The Morgan fingerprint density at radius 3 is 2.47 bits per heavy atom. The summed E-state index contributed by atoms with van der Waals surface area (Å²) >= 11 is 0. The van der Waals surface area contributed by atoms with Gasteiger partial charge in [0.15, 0.2) is 0 Å². The Balaban J connectivity index is 2.51. The van der Waals surface area contributed by atoms with Gasteiger partial charge < -0.3 is 15.7 Å². The van der Waals surface area contributed by atoms with Crippen molar-refractivity contribution in [2.75, 3.05) is 11.9 Å². The maximum absolute atomic E-state index is 11.7. The van der Waals surface area contributed by atoms with Crippen molar-refractivity contribution in [1.29, 1.82) is 5.26 Å². The minimum atomic E-state index is -0.357. The van der Waals surface area contributed by atoms with Gasteiger partial charge in [-0.3, -0.25) is 0 Å². The summed E-state index contributed by atoms with van der Waals surface area (Å²) in [5, 5.41) is 23.2. The monoisotopic (exact) mass is 261 g/mol. The first-order chi connectivity index (χ1) is 9.05. The van der Waals surface area contributed by atoms with E-state index in [9.17, 15) is 9.90 Å². The van der Waals surface area contributed by atoms with E-state index in [4.69, 9.17) is 5.26 Å². The molecule has 1 rings (SSSR count). The predicted octanol–water partition coefficient (Wildman–Crippen LogP) is 2.09. The highest BCUT2D eigenvalue weighted by Crippen LogP contribution is 2.09. The number of nitrogens with zero attached hydrogens (tertiary/aromatic N) is 1. The second-order valence-electron chi connectivity index (χ2n) is 4.80. The van der Waals surface area contributed by atoms with E-state index < -0.39 is 0 Å². The zero-order valence-electron chi connectivity index (χ0n) is 11.2. The van der Waals surface area contributed by atoms with Crippen molar-refractivity contribution >= 4 is 11.7 Å². The van der Waals surface area contributed by atoms with E-state index in [-0.39, 0.29) is 18.7 Å². The lowest BCUT2D eigenvalue weighted by Crippen LogP contribution is -2.40. The van der Waals surface area contributed by atoms with Crippen LogP contribution in [-0.4, -0.2) is 23.8 Å². The number of hydrogen-bond acceptors (Lipinski definition) is 3. The van der Waals surface area contributed by atoms with E-state index in [2.05, 4.69) is 10.6 Å². The van der Waals surface area contributed by atoms with Gasteiger partial charge in [0.2, 0.25) is 0 Å². The standard InChI is InChI=1S/C14H19N3O2/c1-10(2)7-13(9-18)17-14(19)16-12-5-3-11(8-15)4-6-12/h3-6,10,13,18H,7,9H2,1-2H3,(H2,16,17,19). The quantitative estimate of drug-likeness (QED) is 0.758. The molecule has 3 N–H and O–H groups in total. The summed E-state index contributed by atoms with van der Waals surface area (Å²) in [6.45, 7) is 3.98. The van der Waals surface area contributed by atoms with Crippen LogP contribution >= 0.6 is 0 Å². The highest BCUT2D eigenvalue weighted by atomic mass is 16.3. The van der Waals surface area contributed by atoms with Crippen molar-refractivity contribution in [3.8, 4) is 6.07 Å². The number of carbonyl (C=O) groups is 1. The van der Waals surface area contributed by atoms with Gasteiger partial charge in [0.25, 0.3) is 0 Å². The van der Waals surface area contributed by atoms with Gasteiger partial charge in [-0.1, -0.05) is 13.8 Å². The number of benzene rings is 1. The van der Waals surface area contributed by atoms with Gasteiger partial charge in [-0.15, -0.1) is 0 Å². The molecule has 1 unspecified atom stereocenters. The molecule has 0 aliphatic carbocycles. The SMILES string of the molecule is CC(C)CC(CO)NC(=O)Nc1ccc(C#N)cc1. The topological polar surface area (TPSA) is 85.2 Å². The van der Waals surface area contributed by atoms with Crippen LogP contribution in [-0.2, 0) is 0 Å². The van der Waals surface area contributed by atoms with Gasteiger partial charge >= 0.3 is 6.03 Å². The Kier molecular flexibility index (Phi) is 5.83. The van der Waals surface area contributed by atoms with Crippen molar-refractivity contribution in [3.63, 3.8) is 0 Å². The first-order valence-electron chi connectivity index (χ1n) is 6.23. The van der Waals surface area contributed by atoms with Crippen molar-refractivity contribution in [3.05, 3.63) is 29.8 Å². The molecule has 1 atom stereocenters. The minimum absolute atomic E-state index is 0.0844. The molecule has 0 bridgehead atoms. The van der Waals surface area contributed by atoms with E-state index in [0.717, 1.165) is 6.42 Å². The molecule has 5 nitrogen and oxygen atoms in total. The molecule has 0 saturated heterocycles. The maximum Gasteiger partial charge on any atom is 0.319 e. The average molecular weight is 261 g/mol. The molecule has 1 aromatic rings. The van der Waals surface area contributed by atoms with Crippen LogP contribution in [0, 0.1) is 17.2 Å². The van der Waals surface area contributed by atoms with Crippen LogP contribution in [0.3, 0.4) is 0 Å². The first kappa shape index (κ1) is 15.0. The molecular weight excluding hydrogens is 242 g/mol. The number of aliphatic hydroxyl groups excluding tert-OH is 1. The van der Waals surface area contributed by atoms with Crippen LogP contribution in [0.2, 0.25) is 0 Å². The third kappa shape index (κ3) is 5.40. The number of nitrogens with one attached hydrogen (secondary N) is 2. The van der Waals surface area contributed by atoms with Gasteiger partial charge in [0.05, 0.1) is 24.3 Å². The van der Waals surface area contributed by atoms with Gasteiger partial charge in [0.1, 0.15) is 0 Å². The first-order valence-corrected chi connectivity index (χ1v) is 6.23. The molecule has 0 aliphatic rings. The van der Waals surface area contributed by atoms with Crippen molar-refractivity contribution < 1.29 is 9.90 Å². The van der Waals surface area contributed by atoms with Crippen LogP contribution in [0.25, 0.3) is 0 Å². The fourth-order valence-electron chi connectivity index (χ4n) is 1.73. The Labute approximate surface area is 113 Å². The highest BCUT2D eigenvalue weighted by molar-refractivity contribution is 5.89. The Hall–Kier alpha value is -2.06. The van der Waals surface area contributed by atoms with E-state index in [1.807, 2.05) is 19.9 Å². The van der Waals surface area contributed by atoms with Crippen molar-refractivity contribution in [1.82, 2.24) is 5.32 Å². The second kappa shape index (κ2) is 7.39. The zero-order valence-corrected chi connectivity index (χ0v) is 11.2. The summed E-state index contributed by atoms with van der Waals surface area (Å²) in [5.41, 5.74) is 1.15. The Morgan fingerprint density at radius 1 is 1.37 bits per heavy atom. The van der Waals surface area contributed by atoms with Gasteiger partial charge in [-0.2, -0.15) is 5.26 Å². The van der Waals surface area contributed by atoms with E-state index in [1.165, 1.54) is 0 Å². The maximum atomic E-state index is 11.7. The lowest BCUT2D eigenvalue weighted by atomic mass is 10.0. The Bertz CT molecular complexity index is 449. The number of carbonyl (C=O) groups excluding carboxylic acids is 1. The molecule has 0 radical (unpaired) electrons. The summed E-state index contributed by atoms with van der Waals surface area (Å²) in [5.74, 6) is 0.396. The summed E-state index contributed by atoms with van der Waals surface area (Å²) in [4.78, 5) is 11.7. The molecule has 0 heterocycles. The fourth-order valence-corrected chi connectivity index (χ4v) is 1.73. The van der Waals surface area contributed by atoms with Crippen LogP contribution < -0.4 is 10.6 Å². The lowest BCUT2D eigenvalue weighted by Gasteiger charge is -2.18. The average Bonchev–Trinajstić information content (AvgIpc) is 2.38. The molecule has 5 heteroatoms. The summed E-state index contributed by atoms with van der Waals surface area (Å²) in [7, 11) is 0. The summed E-state index contributed by atoms with van der Waals surface area (Å²) < 4.78 is 0. The number of amides is 2. The summed E-state index contributed by atoms with van der Waals surface area (Å²) in [6.07, 6.45) is 0.720. The van der Waals surface area contributed by atoms with E-state index in [1.54, 1.807) is 24.3 Å². The second-order valence-corrected chi connectivity index (χ2v) is 4.80. The largest absolute Gasteiger partial charge is 0.394 e. The number of hydrogen-bond donors (Lipinski definition) is 3. The molecule has 0 spiro atoms. The normalized spacial score (nSPS) is 11.7. The molecule has 0 aliphatic heterocycles. The number of aliphatic hydroxyl groups is 1. The number of anilines is 1. The molecule has 0 fully saturated rings. The Morgan fingerprint density at radius 2 is 2.00 bits per heavy atom. The molecule has 102 valence electrons. The molecule has 2 amide bonds. The van der Waals surface area contributed by atoms with Crippen LogP contribution in [0.1, 0.15) is 25.8 Å². The lowest BCUT2D eigenvalue weighted by molar-refractivity contribution is 0.214. The molecular formula is C14H19N3O2. The van der Waals surface area contributed by atoms with Crippen LogP contribution in [0.15, 0.2) is 24.3 Å². The highest BCUT2D eigenvalue weighted by Gasteiger charge is 2.12. The number of rotatable bonds is 5. The zero-order chi connectivity index (χ0) is 14.3. The number of nitriles is 1. The van der Waals surface area contributed by atoms with Gasteiger partial charge in [-0.05, 0) is 36.6 Å².